The molecule has 0 unspecified atom stereocenters. The molecule has 14 heavy (non-hydrogen) atoms. The highest BCUT2D eigenvalue weighted by Gasteiger charge is 2.25. The molecule has 0 amide bonds. The third-order valence-electron chi connectivity index (χ3n) is 2.42. The van der Waals surface area contributed by atoms with Gasteiger partial charge in [0.05, 0.1) is 0 Å². The van der Waals surface area contributed by atoms with Crippen molar-refractivity contribution in [2.24, 2.45) is 0 Å². The summed E-state index contributed by atoms with van der Waals surface area (Å²) < 4.78 is 0. The van der Waals surface area contributed by atoms with Crippen molar-refractivity contribution in [3.8, 4) is 0 Å². The van der Waals surface area contributed by atoms with E-state index in [0.717, 1.165) is 19.6 Å². The van der Waals surface area contributed by atoms with Crippen LogP contribution < -0.4 is 5.32 Å². The number of nitrogens with one attached hydrogen (secondary N) is 1. The average molecular weight is 202 g/mol. The lowest BCUT2D eigenvalue weighted by Crippen LogP contribution is -2.49. The molecule has 4 heteroatoms. The predicted molar refractivity (Wildman–Crippen MR) is 57.5 cm³/mol. The van der Waals surface area contributed by atoms with Crippen LogP contribution in [-0.4, -0.2) is 47.7 Å². The second-order valence-corrected chi connectivity index (χ2v) is 3.88. The number of nitrogens with zero attached hydrogens (tertiary/aromatic N) is 1. The van der Waals surface area contributed by atoms with Crippen molar-refractivity contribution in [3.63, 3.8) is 0 Å². The summed E-state index contributed by atoms with van der Waals surface area (Å²) in [7, 11) is 0. The van der Waals surface area contributed by atoms with Crippen molar-refractivity contribution >= 4 is 5.97 Å². The first-order valence-corrected chi connectivity index (χ1v) is 5.14. The summed E-state index contributed by atoms with van der Waals surface area (Å²) in [5.41, 5.74) is -0.826. The molecule has 0 rings (SSSR count). The van der Waals surface area contributed by atoms with E-state index in [1.54, 1.807) is 13.8 Å². The Morgan fingerprint density at radius 2 is 1.86 bits per heavy atom. The van der Waals surface area contributed by atoms with Crippen LogP contribution in [-0.2, 0) is 4.79 Å². The average Bonchev–Trinajstić information content (AvgIpc) is 2.12. The van der Waals surface area contributed by atoms with Crippen molar-refractivity contribution in [1.82, 2.24) is 10.2 Å². The fourth-order valence-electron chi connectivity index (χ4n) is 1.14. The number of hydrogen-bond acceptors (Lipinski definition) is 3. The van der Waals surface area contributed by atoms with Crippen LogP contribution in [0.3, 0.4) is 0 Å². The molecule has 0 aliphatic rings. The van der Waals surface area contributed by atoms with Crippen LogP contribution in [0.25, 0.3) is 0 Å². The first-order chi connectivity index (χ1) is 6.44. The number of carboxylic acid groups (broad SMARTS) is 1. The molecule has 0 aromatic heterocycles. The van der Waals surface area contributed by atoms with Gasteiger partial charge in [0.2, 0.25) is 0 Å². The molecule has 0 aromatic carbocycles. The molecule has 0 aliphatic heterocycles. The van der Waals surface area contributed by atoms with Crippen LogP contribution in [0.15, 0.2) is 0 Å². The second-order valence-electron chi connectivity index (χ2n) is 3.88. The van der Waals surface area contributed by atoms with Gasteiger partial charge in [-0.15, -0.1) is 0 Å². The Balaban J connectivity index is 3.78. The highest BCUT2D eigenvalue weighted by molar-refractivity contribution is 5.77. The highest BCUT2D eigenvalue weighted by Crippen LogP contribution is 2.00. The molecule has 0 bridgehead atoms. The molecule has 0 saturated heterocycles. The smallest absolute Gasteiger partial charge is 0.323 e. The van der Waals surface area contributed by atoms with Gasteiger partial charge in [0, 0.05) is 13.1 Å². The van der Waals surface area contributed by atoms with E-state index in [1.807, 2.05) is 0 Å². The summed E-state index contributed by atoms with van der Waals surface area (Å²) in [6.07, 6.45) is 0. The zero-order valence-electron chi connectivity index (χ0n) is 9.63. The minimum atomic E-state index is -0.826. The summed E-state index contributed by atoms with van der Waals surface area (Å²) in [4.78, 5) is 13.0. The van der Waals surface area contributed by atoms with Crippen molar-refractivity contribution in [1.29, 1.82) is 0 Å². The van der Waals surface area contributed by atoms with Crippen LogP contribution in [0.2, 0.25) is 0 Å². The number of rotatable bonds is 7. The maximum absolute atomic E-state index is 10.8. The maximum Gasteiger partial charge on any atom is 0.323 e. The molecular formula is C10H22N2O2. The van der Waals surface area contributed by atoms with E-state index >= 15 is 0 Å². The lowest BCUT2D eigenvalue weighted by molar-refractivity contribution is -0.143. The van der Waals surface area contributed by atoms with Gasteiger partial charge in [-0.25, -0.2) is 0 Å². The van der Waals surface area contributed by atoms with Crippen molar-refractivity contribution in [2.75, 3.05) is 26.2 Å². The van der Waals surface area contributed by atoms with E-state index in [2.05, 4.69) is 24.1 Å². The molecule has 84 valence electrons. The summed E-state index contributed by atoms with van der Waals surface area (Å²) in [6.45, 7) is 11.2. The zero-order valence-corrected chi connectivity index (χ0v) is 9.63. The van der Waals surface area contributed by atoms with Gasteiger partial charge in [0.1, 0.15) is 5.54 Å². The molecule has 0 aromatic rings. The zero-order chi connectivity index (χ0) is 11.2. The molecule has 0 fully saturated rings. The van der Waals surface area contributed by atoms with Gasteiger partial charge >= 0.3 is 5.97 Å². The number of aliphatic carboxylic acids is 1. The van der Waals surface area contributed by atoms with Crippen LogP contribution in [0, 0.1) is 0 Å². The molecule has 0 saturated carbocycles. The van der Waals surface area contributed by atoms with E-state index in [0.29, 0.717) is 6.54 Å². The van der Waals surface area contributed by atoms with E-state index in [9.17, 15) is 4.79 Å². The number of hydrogen-bond donors (Lipinski definition) is 2. The lowest BCUT2D eigenvalue weighted by Gasteiger charge is -2.24. The number of carbonyl (C=O) groups is 1. The quantitative estimate of drug-likeness (QED) is 0.640. The van der Waals surface area contributed by atoms with Gasteiger partial charge in [-0.1, -0.05) is 13.8 Å². The van der Waals surface area contributed by atoms with Crippen LogP contribution in [0.4, 0.5) is 0 Å². The van der Waals surface area contributed by atoms with Gasteiger partial charge in [-0.05, 0) is 26.9 Å². The lowest BCUT2D eigenvalue weighted by atomic mass is 10.1. The standard InChI is InChI=1S/C10H22N2O2/c1-5-12(6-2)8-7-11-10(3,4)9(13)14/h11H,5-8H2,1-4H3,(H,13,14). The van der Waals surface area contributed by atoms with Gasteiger partial charge in [0.25, 0.3) is 0 Å². The Morgan fingerprint density at radius 1 is 1.36 bits per heavy atom. The SMILES string of the molecule is CCN(CC)CCNC(C)(C)C(=O)O. The van der Waals surface area contributed by atoms with Gasteiger partial charge in [0.15, 0.2) is 0 Å². The minimum absolute atomic E-state index is 0.709. The third-order valence-corrected chi connectivity index (χ3v) is 2.42. The van der Waals surface area contributed by atoms with Gasteiger partial charge in [-0.3, -0.25) is 4.79 Å². The van der Waals surface area contributed by atoms with Gasteiger partial charge < -0.3 is 15.3 Å². The molecule has 0 aliphatic carbocycles. The Hall–Kier alpha value is -0.610. The molecule has 0 radical (unpaired) electrons. The summed E-state index contributed by atoms with van der Waals surface area (Å²) >= 11 is 0. The Morgan fingerprint density at radius 3 is 2.21 bits per heavy atom. The third kappa shape index (κ3) is 4.58. The highest BCUT2D eigenvalue weighted by atomic mass is 16.4. The van der Waals surface area contributed by atoms with E-state index in [1.165, 1.54) is 0 Å². The molecule has 2 N–H and O–H groups in total. The summed E-state index contributed by atoms with van der Waals surface area (Å²) in [5.74, 6) is -0.808. The molecule has 4 nitrogen and oxygen atoms in total. The molecule has 0 heterocycles. The molecule has 0 atom stereocenters. The Bertz CT molecular complexity index is 177. The molecular weight excluding hydrogens is 180 g/mol. The van der Waals surface area contributed by atoms with Gasteiger partial charge in [-0.2, -0.15) is 0 Å². The monoisotopic (exact) mass is 202 g/mol. The first-order valence-electron chi connectivity index (χ1n) is 5.14. The van der Waals surface area contributed by atoms with Crippen molar-refractivity contribution in [2.45, 2.75) is 33.2 Å². The normalized spacial score (nSPS) is 12.1. The van der Waals surface area contributed by atoms with Crippen LogP contribution >= 0.6 is 0 Å². The minimum Gasteiger partial charge on any atom is -0.480 e. The van der Waals surface area contributed by atoms with Crippen LogP contribution in [0.1, 0.15) is 27.7 Å². The van der Waals surface area contributed by atoms with E-state index < -0.39 is 11.5 Å². The van der Waals surface area contributed by atoms with Crippen molar-refractivity contribution in [3.05, 3.63) is 0 Å². The summed E-state index contributed by atoms with van der Waals surface area (Å²) in [6, 6.07) is 0. The maximum atomic E-state index is 10.8. The van der Waals surface area contributed by atoms with Crippen LogP contribution in [0.5, 0.6) is 0 Å². The number of likely N-dealkylation sites (N-methyl/N-ethyl adjacent to an activating group) is 1. The predicted octanol–water partition coefficient (Wildman–Crippen LogP) is 0.781. The summed E-state index contributed by atoms with van der Waals surface area (Å²) in [5, 5.41) is 11.9. The fourth-order valence-corrected chi connectivity index (χ4v) is 1.14. The largest absolute Gasteiger partial charge is 0.480 e. The van der Waals surface area contributed by atoms with Crippen molar-refractivity contribution < 1.29 is 9.90 Å². The Kier molecular flexibility index (Phi) is 5.72. The fraction of sp³-hybridized carbons (Fsp3) is 0.900. The van der Waals surface area contributed by atoms with E-state index in [-0.39, 0.29) is 0 Å². The number of carboxylic acids is 1. The second kappa shape index (κ2) is 5.98. The topological polar surface area (TPSA) is 52.6 Å². The first kappa shape index (κ1) is 13.4. The van der Waals surface area contributed by atoms with E-state index in [4.69, 9.17) is 5.11 Å². The Labute approximate surface area is 86.3 Å². The molecule has 0 spiro atoms.